The summed E-state index contributed by atoms with van der Waals surface area (Å²) >= 11 is 0. The first-order valence-electron chi connectivity index (χ1n) is 6.49. The SMILES string of the molecule is COc1ccccc1CNC(=O)c1ccc(N)cc1OC. The number of anilines is 1. The number of ether oxygens (including phenoxy) is 2. The van der Waals surface area contributed by atoms with Crippen LogP contribution >= 0.6 is 0 Å². The van der Waals surface area contributed by atoms with Crippen molar-refractivity contribution >= 4 is 11.6 Å². The van der Waals surface area contributed by atoms with Crippen LogP contribution in [0.15, 0.2) is 42.5 Å². The number of amides is 1. The molecule has 0 saturated heterocycles. The van der Waals surface area contributed by atoms with Crippen molar-refractivity contribution in [2.24, 2.45) is 0 Å². The molecule has 0 spiro atoms. The van der Waals surface area contributed by atoms with Crippen molar-refractivity contribution in [3.05, 3.63) is 53.6 Å². The molecule has 0 unspecified atom stereocenters. The van der Waals surface area contributed by atoms with E-state index in [4.69, 9.17) is 15.2 Å². The summed E-state index contributed by atoms with van der Waals surface area (Å²) < 4.78 is 10.4. The van der Waals surface area contributed by atoms with Gasteiger partial charge in [-0.3, -0.25) is 4.79 Å². The number of benzene rings is 2. The highest BCUT2D eigenvalue weighted by atomic mass is 16.5. The van der Waals surface area contributed by atoms with Gasteiger partial charge in [0.15, 0.2) is 0 Å². The Morgan fingerprint density at radius 3 is 2.52 bits per heavy atom. The van der Waals surface area contributed by atoms with Crippen molar-refractivity contribution in [1.29, 1.82) is 0 Å². The van der Waals surface area contributed by atoms with Crippen LogP contribution in [0.4, 0.5) is 5.69 Å². The number of nitrogen functional groups attached to an aromatic ring is 1. The molecule has 0 radical (unpaired) electrons. The van der Waals surface area contributed by atoms with Gasteiger partial charge < -0.3 is 20.5 Å². The van der Waals surface area contributed by atoms with Crippen LogP contribution in [0.2, 0.25) is 0 Å². The Morgan fingerprint density at radius 2 is 1.81 bits per heavy atom. The minimum Gasteiger partial charge on any atom is -0.496 e. The van der Waals surface area contributed by atoms with E-state index in [0.29, 0.717) is 23.5 Å². The summed E-state index contributed by atoms with van der Waals surface area (Å²) in [5.41, 5.74) is 7.58. The van der Waals surface area contributed by atoms with E-state index < -0.39 is 0 Å². The number of carbonyl (C=O) groups excluding carboxylic acids is 1. The van der Waals surface area contributed by atoms with E-state index in [1.165, 1.54) is 7.11 Å². The molecule has 0 aromatic heterocycles. The third-order valence-corrected chi connectivity index (χ3v) is 3.10. The van der Waals surface area contributed by atoms with E-state index in [1.807, 2.05) is 24.3 Å². The second-order valence-corrected chi connectivity index (χ2v) is 4.45. The highest BCUT2D eigenvalue weighted by Gasteiger charge is 2.13. The molecule has 2 rings (SSSR count). The van der Waals surface area contributed by atoms with Crippen LogP contribution in [0.25, 0.3) is 0 Å². The maximum absolute atomic E-state index is 12.2. The number of methoxy groups -OCH3 is 2. The summed E-state index contributed by atoms with van der Waals surface area (Å²) in [5.74, 6) is 0.965. The Hall–Kier alpha value is -2.69. The molecule has 2 aromatic carbocycles. The first-order chi connectivity index (χ1) is 10.2. The number of rotatable bonds is 5. The van der Waals surface area contributed by atoms with Crippen LogP contribution in [0.5, 0.6) is 11.5 Å². The van der Waals surface area contributed by atoms with E-state index in [1.54, 1.807) is 25.3 Å². The number of para-hydroxylation sites is 1. The van der Waals surface area contributed by atoms with Crippen LogP contribution in [0.3, 0.4) is 0 Å². The lowest BCUT2D eigenvalue weighted by atomic mass is 10.1. The highest BCUT2D eigenvalue weighted by Crippen LogP contribution is 2.22. The molecule has 0 bridgehead atoms. The van der Waals surface area contributed by atoms with E-state index in [-0.39, 0.29) is 5.91 Å². The third-order valence-electron chi connectivity index (χ3n) is 3.10. The maximum atomic E-state index is 12.2. The molecule has 5 nitrogen and oxygen atoms in total. The summed E-state index contributed by atoms with van der Waals surface area (Å²) in [4.78, 5) is 12.2. The molecule has 21 heavy (non-hydrogen) atoms. The predicted octanol–water partition coefficient (Wildman–Crippen LogP) is 2.22. The Morgan fingerprint density at radius 1 is 1.10 bits per heavy atom. The predicted molar refractivity (Wildman–Crippen MR) is 81.6 cm³/mol. The summed E-state index contributed by atoms with van der Waals surface area (Å²) in [6, 6.07) is 12.5. The zero-order chi connectivity index (χ0) is 15.2. The largest absolute Gasteiger partial charge is 0.496 e. The first kappa shape index (κ1) is 14.7. The summed E-state index contributed by atoms with van der Waals surface area (Å²) in [6.45, 7) is 0.371. The van der Waals surface area contributed by atoms with E-state index in [2.05, 4.69) is 5.32 Å². The fourth-order valence-corrected chi connectivity index (χ4v) is 2.02. The Bertz CT molecular complexity index is 641. The second kappa shape index (κ2) is 6.65. The van der Waals surface area contributed by atoms with E-state index in [9.17, 15) is 4.79 Å². The fraction of sp³-hybridized carbons (Fsp3) is 0.188. The Labute approximate surface area is 123 Å². The number of hydrogen-bond acceptors (Lipinski definition) is 4. The molecule has 3 N–H and O–H groups in total. The molecule has 5 heteroatoms. The van der Waals surface area contributed by atoms with Crippen LogP contribution in [0.1, 0.15) is 15.9 Å². The Balaban J connectivity index is 2.12. The zero-order valence-electron chi connectivity index (χ0n) is 12.1. The lowest BCUT2D eigenvalue weighted by molar-refractivity contribution is 0.0947. The standard InChI is InChI=1S/C16H18N2O3/c1-20-14-6-4-3-5-11(14)10-18-16(19)13-8-7-12(17)9-15(13)21-2/h3-9H,10,17H2,1-2H3,(H,18,19). The van der Waals surface area contributed by atoms with Gasteiger partial charge in [0, 0.05) is 23.9 Å². The monoisotopic (exact) mass is 286 g/mol. The summed E-state index contributed by atoms with van der Waals surface area (Å²) in [6.07, 6.45) is 0. The van der Waals surface area contributed by atoms with Crippen molar-refractivity contribution in [2.75, 3.05) is 20.0 Å². The van der Waals surface area contributed by atoms with E-state index in [0.717, 1.165) is 11.3 Å². The summed E-state index contributed by atoms with van der Waals surface area (Å²) in [5, 5.41) is 2.84. The molecule has 0 atom stereocenters. The van der Waals surface area contributed by atoms with Gasteiger partial charge in [0.1, 0.15) is 11.5 Å². The number of hydrogen-bond donors (Lipinski definition) is 2. The van der Waals surface area contributed by atoms with Gasteiger partial charge in [-0.15, -0.1) is 0 Å². The third kappa shape index (κ3) is 3.45. The molecule has 0 aliphatic carbocycles. The van der Waals surface area contributed by atoms with Crippen LogP contribution < -0.4 is 20.5 Å². The molecule has 0 fully saturated rings. The van der Waals surface area contributed by atoms with Gasteiger partial charge >= 0.3 is 0 Å². The molecular formula is C16H18N2O3. The van der Waals surface area contributed by atoms with Crippen LogP contribution in [-0.4, -0.2) is 20.1 Å². The highest BCUT2D eigenvalue weighted by molar-refractivity contribution is 5.97. The molecule has 0 saturated carbocycles. The average Bonchev–Trinajstić information content (AvgIpc) is 2.52. The molecular weight excluding hydrogens is 268 g/mol. The lowest BCUT2D eigenvalue weighted by Gasteiger charge is -2.11. The van der Waals surface area contributed by atoms with Gasteiger partial charge in [0.05, 0.1) is 19.8 Å². The van der Waals surface area contributed by atoms with E-state index >= 15 is 0 Å². The Kier molecular flexibility index (Phi) is 4.66. The molecule has 0 aliphatic rings. The first-order valence-corrected chi connectivity index (χ1v) is 6.49. The van der Waals surface area contributed by atoms with Gasteiger partial charge in [0.25, 0.3) is 5.91 Å². The van der Waals surface area contributed by atoms with Crippen molar-refractivity contribution < 1.29 is 14.3 Å². The van der Waals surface area contributed by atoms with Crippen LogP contribution in [-0.2, 0) is 6.54 Å². The van der Waals surface area contributed by atoms with Crippen molar-refractivity contribution in [2.45, 2.75) is 6.54 Å². The van der Waals surface area contributed by atoms with Crippen molar-refractivity contribution in [3.8, 4) is 11.5 Å². The number of carbonyl (C=O) groups is 1. The lowest BCUT2D eigenvalue weighted by Crippen LogP contribution is -2.23. The second-order valence-electron chi connectivity index (χ2n) is 4.45. The van der Waals surface area contributed by atoms with Gasteiger partial charge in [-0.25, -0.2) is 0 Å². The van der Waals surface area contributed by atoms with Gasteiger partial charge in [0.2, 0.25) is 0 Å². The minimum absolute atomic E-state index is 0.224. The topological polar surface area (TPSA) is 73.6 Å². The molecule has 1 amide bonds. The number of nitrogens with two attached hydrogens (primary N) is 1. The van der Waals surface area contributed by atoms with Crippen molar-refractivity contribution in [3.63, 3.8) is 0 Å². The average molecular weight is 286 g/mol. The van der Waals surface area contributed by atoms with Gasteiger partial charge in [-0.2, -0.15) is 0 Å². The quantitative estimate of drug-likeness (QED) is 0.827. The normalized spacial score (nSPS) is 10.0. The summed E-state index contributed by atoms with van der Waals surface area (Å²) in [7, 11) is 3.11. The molecule has 0 aliphatic heterocycles. The smallest absolute Gasteiger partial charge is 0.255 e. The minimum atomic E-state index is -0.224. The zero-order valence-corrected chi connectivity index (χ0v) is 12.1. The van der Waals surface area contributed by atoms with Gasteiger partial charge in [-0.1, -0.05) is 18.2 Å². The van der Waals surface area contributed by atoms with Crippen molar-refractivity contribution in [1.82, 2.24) is 5.32 Å². The molecule has 2 aromatic rings. The van der Waals surface area contributed by atoms with Crippen LogP contribution in [0, 0.1) is 0 Å². The van der Waals surface area contributed by atoms with Gasteiger partial charge in [-0.05, 0) is 18.2 Å². The fourth-order valence-electron chi connectivity index (χ4n) is 2.02. The number of nitrogens with one attached hydrogen (secondary N) is 1. The molecule has 0 heterocycles. The molecule has 110 valence electrons. The maximum Gasteiger partial charge on any atom is 0.255 e.